The van der Waals surface area contributed by atoms with Crippen molar-refractivity contribution in [3.63, 3.8) is 0 Å². The third-order valence-corrected chi connectivity index (χ3v) is 5.46. The summed E-state index contributed by atoms with van der Waals surface area (Å²) >= 11 is 0. The van der Waals surface area contributed by atoms with Gasteiger partial charge in [0.25, 0.3) is 0 Å². The van der Waals surface area contributed by atoms with E-state index in [0.717, 1.165) is 48.6 Å². The minimum atomic E-state index is -0.859. The highest BCUT2D eigenvalue weighted by Crippen LogP contribution is 2.24. The van der Waals surface area contributed by atoms with Crippen molar-refractivity contribution >= 4 is 23.0 Å². The molecule has 0 saturated heterocycles. The molecule has 3 rings (SSSR count). The number of unbranched alkanes of at least 4 members (excludes halogenated alkanes) is 2. The monoisotopic (exact) mass is 465 g/mol. The molecule has 7 heteroatoms. The first-order chi connectivity index (χ1) is 16.5. The fraction of sp³-hybridized carbons (Fsp3) is 0.370. The predicted molar refractivity (Wildman–Crippen MR) is 130 cm³/mol. The van der Waals surface area contributed by atoms with E-state index in [1.54, 1.807) is 12.1 Å². The van der Waals surface area contributed by atoms with E-state index >= 15 is 0 Å². The molecule has 7 nitrogen and oxygen atoms in total. The summed E-state index contributed by atoms with van der Waals surface area (Å²) in [6, 6.07) is 14.9. The van der Waals surface area contributed by atoms with Gasteiger partial charge in [-0.25, -0.2) is 14.4 Å². The lowest BCUT2D eigenvalue weighted by Crippen LogP contribution is -2.43. The van der Waals surface area contributed by atoms with Gasteiger partial charge in [-0.05, 0) is 42.5 Å². The molecule has 1 amide bonds. The van der Waals surface area contributed by atoms with Crippen LogP contribution in [-0.2, 0) is 22.6 Å². The van der Waals surface area contributed by atoms with Crippen LogP contribution < -0.4 is 15.7 Å². The molecule has 1 heterocycles. The minimum Gasteiger partial charge on any atom is -0.445 e. The van der Waals surface area contributed by atoms with E-state index in [1.165, 1.54) is 12.1 Å². The quantitative estimate of drug-likeness (QED) is 0.227. The lowest BCUT2D eigenvalue weighted by Gasteiger charge is -2.17. The van der Waals surface area contributed by atoms with Crippen LogP contribution in [-0.4, -0.2) is 18.1 Å². The Morgan fingerprint density at radius 2 is 1.76 bits per heavy atom. The maximum atomic E-state index is 12.9. The molecule has 0 bridgehead atoms. The summed E-state index contributed by atoms with van der Waals surface area (Å²) in [4.78, 5) is 37.1. The van der Waals surface area contributed by atoms with E-state index in [1.807, 2.05) is 37.3 Å². The van der Waals surface area contributed by atoms with Crippen LogP contribution in [0.5, 0.6) is 5.75 Å². The van der Waals surface area contributed by atoms with E-state index in [2.05, 4.69) is 12.2 Å². The number of hydrogen-bond donors (Lipinski definition) is 1. The summed E-state index contributed by atoms with van der Waals surface area (Å²) < 4.78 is 16.1. The number of nitrogens with one attached hydrogen (secondary N) is 1. The van der Waals surface area contributed by atoms with Crippen LogP contribution in [0.1, 0.15) is 57.1 Å². The van der Waals surface area contributed by atoms with Crippen LogP contribution in [0.25, 0.3) is 11.0 Å². The second-order valence-electron chi connectivity index (χ2n) is 8.17. The van der Waals surface area contributed by atoms with Crippen molar-refractivity contribution in [2.75, 3.05) is 0 Å². The van der Waals surface area contributed by atoms with Crippen molar-refractivity contribution < 1.29 is 23.5 Å². The van der Waals surface area contributed by atoms with Crippen LogP contribution >= 0.6 is 0 Å². The number of carbonyl (C=O) groups excluding carboxylic acids is 2. The van der Waals surface area contributed by atoms with E-state index in [9.17, 15) is 14.4 Å². The fourth-order valence-electron chi connectivity index (χ4n) is 3.60. The summed E-state index contributed by atoms with van der Waals surface area (Å²) in [5.74, 6) is -0.358. The molecule has 0 unspecified atom stereocenters. The summed E-state index contributed by atoms with van der Waals surface area (Å²) in [6.45, 7) is 4.19. The number of hydrogen-bond acceptors (Lipinski definition) is 6. The maximum Gasteiger partial charge on any atom is 0.408 e. The zero-order valence-electron chi connectivity index (χ0n) is 19.7. The fourth-order valence-corrected chi connectivity index (χ4v) is 3.60. The van der Waals surface area contributed by atoms with Gasteiger partial charge in [0.2, 0.25) is 0 Å². The van der Waals surface area contributed by atoms with Gasteiger partial charge in [-0.3, -0.25) is 0 Å². The average molecular weight is 466 g/mol. The second-order valence-corrected chi connectivity index (χ2v) is 8.17. The number of aryl methyl sites for hydroxylation is 1. The number of rotatable bonds is 11. The van der Waals surface area contributed by atoms with Gasteiger partial charge in [-0.2, -0.15) is 0 Å². The molecule has 1 aromatic heterocycles. The number of fused-ring (bicyclic) bond motifs is 1. The van der Waals surface area contributed by atoms with Crippen molar-refractivity contribution in [1.82, 2.24) is 5.32 Å². The third kappa shape index (κ3) is 7.20. The molecule has 1 N–H and O–H groups in total. The molecular weight excluding hydrogens is 434 g/mol. The van der Waals surface area contributed by atoms with Gasteiger partial charge in [0, 0.05) is 17.5 Å². The molecule has 0 aliphatic rings. The highest BCUT2D eigenvalue weighted by atomic mass is 16.6. The van der Waals surface area contributed by atoms with Crippen molar-refractivity contribution in [1.29, 1.82) is 0 Å². The van der Waals surface area contributed by atoms with E-state index < -0.39 is 23.7 Å². The first kappa shape index (κ1) is 25.0. The van der Waals surface area contributed by atoms with Crippen LogP contribution in [0, 0.1) is 0 Å². The normalized spacial score (nSPS) is 11.7. The molecule has 3 aromatic rings. The van der Waals surface area contributed by atoms with Gasteiger partial charge >= 0.3 is 17.7 Å². The number of benzene rings is 2. The van der Waals surface area contributed by atoms with Gasteiger partial charge in [0.1, 0.15) is 24.0 Å². The van der Waals surface area contributed by atoms with Crippen molar-refractivity contribution in [2.45, 2.75) is 65.0 Å². The molecule has 0 spiro atoms. The topological polar surface area (TPSA) is 94.8 Å². The summed E-state index contributed by atoms with van der Waals surface area (Å²) in [7, 11) is 0. The smallest absolute Gasteiger partial charge is 0.408 e. The molecule has 0 saturated carbocycles. The van der Waals surface area contributed by atoms with Crippen LogP contribution in [0.4, 0.5) is 4.79 Å². The Labute approximate surface area is 199 Å². The van der Waals surface area contributed by atoms with Gasteiger partial charge in [-0.15, -0.1) is 0 Å². The van der Waals surface area contributed by atoms with Crippen molar-refractivity contribution in [3.8, 4) is 5.75 Å². The van der Waals surface area contributed by atoms with Crippen LogP contribution in [0.3, 0.4) is 0 Å². The first-order valence-corrected chi connectivity index (χ1v) is 11.8. The Balaban J connectivity index is 1.69. The SMILES string of the molecule is CCCCc1cc(=O)oc2cc(OC(=O)[C@H](CCCC)NC(=O)OCc3ccccc3)ccc12. The zero-order chi connectivity index (χ0) is 24.3. The second kappa shape index (κ2) is 12.6. The number of alkyl carbamates (subject to hydrolysis) is 1. The van der Waals surface area contributed by atoms with E-state index in [-0.39, 0.29) is 12.4 Å². The zero-order valence-corrected chi connectivity index (χ0v) is 19.7. The third-order valence-electron chi connectivity index (χ3n) is 5.46. The largest absolute Gasteiger partial charge is 0.445 e. The number of ether oxygens (including phenoxy) is 2. The molecule has 0 aliphatic carbocycles. The number of amides is 1. The standard InChI is InChI=1S/C27H31NO6/c1-3-5-12-20-16-25(29)34-24-17-21(14-15-22(20)24)33-26(30)23(13-6-4-2)28-27(31)32-18-19-10-8-7-9-11-19/h7-11,14-17,23H,3-6,12-13,18H2,1-2H3,(H,28,31)/t23-/m0/s1. The van der Waals surface area contributed by atoms with Gasteiger partial charge in [0.15, 0.2) is 0 Å². The average Bonchev–Trinajstić information content (AvgIpc) is 2.84. The Morgan fingerprint density at radius 1 is 1.00 bits per heavy atom. The molecule has 0 aliphatic heterocycles. The lowest BCUT2D eigenvalue weighted by molar-refractivity contribution is -0.136. The van der Waals surface area contributed by atoms with E-state index in [0.29, 0.717) is 12.0 Å². The Hall–Kier alpha value is -3.61. The molecule has 0 radical (unpaired) electrons. The maximum absolute atomic E-state index is 12.9. The molecule has 34 heavy (non-hydrogen) atoms. The Kier molecular flexibility index (Phi) is 9.26. The van der Waals surface area contributed by atoms with E-state index in [4.69, 9.17) is 13.9 Å². The molecule has 180 valence electrons. The predicted octanol–water partition coefficient (Wildman–Crippen LogP) is 5.53. The lowest BCUT2D eigenvalue weighted by atomic mass is 10.0. The van der Waals surface area contributed by atoms with Crippen LogP contribution in [0.2, 0.25) is 0 Å². The first-order valence-electron chi connectivity index (χ1n) is 11.8. The molecule has 2 aromatic carbocycles. The minimum absolute atomic E-state index is 0.103. The Bertz CT molecular complexity index is 1150. The summed E-state index contributed by atoms with van der Waals surface area (Å²) in [5, 5.41) is 3.43. The highest BCUT2D eigenvalue weighted by molar-refractivity contribution is 5.85. The number of esters is 1. The van der Waals surface area contributed by atoms with Crippen molar-refractivity contribution in [2.24, 2.45) is 0 Å². The Morgan fingerprint density at radius 3 is 2.50 bits per heavy atom. The highest BCUT2D eigenvalue weighted by Gasteiger charge is 2.23. The van der Waals surface area contributed by atoms with Gasteiger partial charge < -0.3 is 19.2 Å². The molecule has 1 atom stereocenters. The van der Waals surface area contributed by atoms with Gasteiger partial charge in [-0.1, -0.05) is 63.4 Å². The summed E-state index contributed by atoms with van der Waals surface area (Å²) in [5.41, 5.74) is 1.69. The van der Waals surface area contributed by atoms with Crippen molar-refractivity contribution in [3.05, 3.63) is 76.1 Å². The van der Waals surface area contributed by atoms with Crippen LogP contribution in [0.15, 0.2) is 63.8 Å². The molecular formula is C27H31NO6. The molecule has 0 fully saturated rings. The number of carbonyl (C=O) groups is 2. The van der Waals surface area contributed by atoms with Gasteiger partial charge in [0.05, 0.1) is 0 Å². The summed E-state index contributed by atoms with van der Waals surface area (Å²) in [6.07, 6.45) is 4.05.